The van der Waals surface area contributed by atoms with Crippen molar-refractivity contribution in [1.82, 2.24) is 0 Å². The number of methoxy groups -OCH3 is 2. The first-order chi connectivity index (χ1) is 8.51. The van der Waals surface area contributed by atoms with Crippen LogP contribution in [0.2, 0.25) is 0 Å². The Labute approximate surface area is 108 Å². The predicted molar refractivity (Wildman–Crippen MR) is 69.6 cm³/mol. The predicted octanol–water partition coefficient (Wildman–Crippen LogP) is 2.73. The van der Waals surface area contributed by atoms with Gasteiger partial charge in [0.2, 0.25) is 0 Å². The molecule has 0 saturated heterocycles. The third-order valence-corrected chi connectivity index (χ3v) is 3.13. The minimum absolute atomic E-state index is 0.165. The lowest BCUT2D eigenvalue weighted by atomic mass is 9.99. The van der Waals surface area contributed by atoms with Gasteiger partial charge in [-0.2, -0.15) is 0 Å². The van der Waals surface area contributed by atoms with Gasteiger partial charge >= 0.3 is 5.97 Å². The molecule has 0 radical (unpaired) electrons. The van der Waals surface area contributed by atoms with Gasteiger partial charge in [0.25, 0.3) is 0 Å². The summed E-state index contributed by atoms with van der Waals surface area (Å²) < 4.78 is 10.7. The Kier molecular flexibility index (Phi) is 5.01. The Morgan fingerprint density at radius 2 is 1.89 bits per heavy atom. The zero-order chi connectivity index (χ0) is 13.7. The molecule has 0 fully saturated rings. The van der Waals surface area contributed by atoms with E-state index in [0.717, 1.165) is 28.2 Å². The van der Waals surface area contributed by atoms with Gasteiger partial charge in [0.15, 0.2) is 0 Å². The van der Waals surface area contributed by atoms with Crippen molar-refractivity contribution >= 4 is 5.97 Å². The summed E-state index contributed by atoms with van der Waals surface area (Å²) in [6, 6.07) is 1.93. The monoisotopic (exact) mass is 252 g/mol. The lowest BCUT2D eigenvalue weighted by Gasteiger charge is -2.16. The van der Waals surface area contributed by atoms with Gasteiger partial charge in [0, 0.05) is 6.42 Å². The molecule has 18 heavy (non-hydrogen) atoms. The highest BCUT2D eigenvalue weighted by Gasteiger charge is 2.13. The van der Waals surface area contributed by atoms with Crippen molar-refractivity contribution in [1.29, 1.82) is 0 Å². The molecule has 0 atom stereocenters. The molecule has 0 aliphatic heterocycles. The van der Waals surface area contributed by atoms with E-state index in [1.807, 2.05) is 19.9 Å². The normalized spacial score (nSPS) is 10.2. The van der Waals surface area contributed by atoms with Crippen LogP contribution in [0.5, 0.6) is 11.5 Å². The van der Waals surface area contributed by atoms with E-state index in [-0.39, 0.29) is 6.42 Å². The van der Waals surface area contributed by atoms with E-state index in [2.05, 4.69) is 0 Å². The average Bonchev–Trinajstić information content (AvgIpc) is 2.33. The summed E-state index contributed by atoms with van der Waals surface area (Å²) in [5.74, 6) is 0.877. The molecule has 1 aromatic rings. The van der Waals surface area contributed by atoms with Crippen LogP contribution < -0.4 is 9.47 Å². The second kappa shape index (κ2) is 6.28. The summed E-state index contributed by atoms with van der Waals surface area (Å²) in [7, 11) is 3.27. The molecule has 0 aliphatic rings. The lowest BCUT2D eigenvalue weighted by molar-refractivity contribution is -0.137. The minimum atomic E-state index is -0.773. The molecule has 0 heterocycles. The van der Waals surface area contributed by atoms with Crippen molar-refractivity contribution in [3.63, 3.8) is 0 Å². The Balaban J connectivity index is 3.01. The number of ether oxygens (including phenoxy) is 2. The second-order valence-electron chi connectivity index (χ2n) is 4.27. The molecular weight excluding hydrogens is 232 g/mol. The van der Waals surface area contributed by atoms with Crippen LogP contribution in [-0.4, -0.2) is 25.3 Å². The van der Waals surface area contributed by atoms with Crippen LogP contribution in [0.25, 0.3) is 0 Å². The zero-order valence-electron chi connectivity index (χ0n) is 11.4. The highest BCUT2D eigenvalue weighted by Crippen LogP contribution is 2.34. The molecule has 4 nitrogen and oxygen atoms in total. The van der Waals surface area contributed by atoms with Gasteiger partial charge in [0.1, 0.15) is 11.5 Å². The van der Waals surface area contributed by atoms with Crippen molar-refractivity contribution in [2.45, 2.75) is 33.1 Å². The fraction of sp³-hybridized carbons (Fsp3) is 0.500. The Morgan fingerprint density at radius 3 is 2.39 bits per heavy atom. The molecule has 1 N–H and O–H groups in total. The molecule has 0 saturated carbocycles. The van der Waals surface area contributed by atoms with Crippen molar-refractivity contribution in [2.24, 2.45) is 0 Å². The number of carboxylic acid groups (broad SMARTS) is 1. The van der Waals surface area contributed by atoms with Crippen molar-refractivity contribution < 1.29 is 19.4 Å². The third-order valence-electron chi connectivity index (χ3n) is 3.13. The summed E-state index contributed by atoms with van der Waals surface area (Å²) in [4.78, 5) is 10.5. The summed E-state index contributed by atoms with van der Waals surface area (Å²) >= 11 is 0. The van der Waals surface area contributed by atoms with E-state index in [4.69, 9.17) is 14.6 Å². The topological polar surface area (TPSA) is 55.8 Å². The van der Waals surface area contributed by atoms with E-state index in [9.17, 15) is 4.79 Å². The Bertz CT molecular complexity index is 438. The van der Waals surface area contributed by atoms with E-state index in [1.165, 1.54) is 0 Å². The smallest absolute Gasteiger partial charge is 0.303 e. The van der Waals surface area contributed by atoms with Gasteiger partial charge in [-0.15, -0.1) is 0 Å². The molecule has 4 heteroatoms. The van der Waals surface area contributed by atoms with Crippen LogP contribution in [0.15, 0.2) is 6.07 Å². The second-order valence-corrected chi connectivity index (χ2v) is 4.27. The maximum atomic E-state index is 10.5. The highest BCUT2D eigenvalue weighted by atomic mass is 16.5. The number of carbonyl (C=O) groups is 1. The Morgan fingerprint density at radius 1 is 1.22 bits per heavy atom. The minimum Gasteiger partial charge on any atom is -0.496 e. The summed E-state index contributed by atoms with van der Waals surface area (Å²) in [6.45, 7) is 3.97. The first-order valence-electron chi connectivity index (χ1n) is 5.94. The number of hydrogen-bond acceptors (Lipinski definition) is 3. The van der Waals surface area contributed by atoms with Gasteiger partial charge < -0.3 is 14.6 Å². The van der Waals surface area contributed by atoms with Gasteiger partial charge in [-0.25, -0.2) is 0 Å². The molecule has 0 aliphatic carbocycles. The standard InChI is InChI=1S/C14H20O4/c1-9-10(2)14(18-4)11(8-12(9)17-3)6-5-7-13(15)16/h8H,5-7H2,1-4H3,(H,15,16). The van der Waals surface area contributed by atoms with Gasteiger partial charge in [-0.1, -0.05) is 0 Å². The maximum Gasteiger partial charge on any atom is 0.303 e. The van der Waals surface area contributed by atoms with Gasteiger partial charge in [-0.05, 0) is 49.4 Å². The zero-order valence-corrected chi connectivity index (χ0v) is 11.4. The highest BCUT2D eigenvalue weighted by molar-refractivity contribution is 5.66. The molecular formula is C14H20O4. The molecule has 1 aromatic carbocycles. The maximum absolute atomic E-state index is 10.5. The molecule has 1 rings (SSSR count). The van der Waals surface area contributed by atoms with E-state index >= 15 is 0 Å². The molecule has 0 amide bonds. The fourth-order valence-electron chi connectivity index (χ4n) is 2.04. The number of hydrogen-bond donors (Lipinski definition) is 1. The van der Waals surface area contributed by atoms with Crippen LogP contribution >= 0.6 is 0 Å². The number of benzene rings is 1. The first kappa shape index (κ1) is 14.4. The van der Waals surface area contributed by atoms with E-state index in [1.54, 1.807) is 14.2 Å². The van der Waals surface area contributed by atoms with E-state index < -0.39 is 5.97 Å². The first-order valence-corrected chi connectivity index (χ1v) is 5.94. The SMILES string of the molecule is COc1cc(CCCC(=O)O)c(OC)c(C)c1C. The average molecular weight is 252 g/mol. The van der Waals surface area contributed by atoms with Gasteiger partial charge in [0.05, 0.1) is 14.2 Å². The quantitative estimate of drug-likeness (QED) is 0.845. The number of aliphatic carboxylic acids is 1. The summed E-state index contributed by atoms with van der Waals surface area (Å²) in [5.41, 5.74) is 3.09. The van der Waals surface area contributed by atoms with Crippen LogP contribution in [-0.2, 0) is 11.2 Å². The van der Waals surface area contributed by atoms with Gasteiger partial charge in [-0.3, -0.25) is 4.79 Å². The molecule has 0 bridgehead atoms. The third kappa shape index (κ3) is 3.15. The summed E-state index contributed by atoms with van der Waals surface area (Å²) in [6.07, 6.45) is 1.43. The fourth-order valence-corrected chi connectivity index (χ4v) is 2.04. The number of carboxylic acids is 1. The molecule has 0 spiro atoms. The summed E-state index contributed by atoms with van der Waals surface area (Å²) in [5, 5.41) is 8.66. The van der Waals surface area contributed by atoms with Crippen LogP contribution in [0.1, 0.15) is 29.5 Å². The van der Waals surface area contributed by atoms with Crippen molar-refractivity contribution in [2.75, 3.05) is 14.2 Å². The van der Waals surface area contributed by atoms with E-state index in [0.29, 0.717) is 12.8 Å². The number of aryl methyl sites for hydroxylation is 1. The van der Waals surface area contributed by atoms with Crippen molar-refractivity contribution in [3.8, 4) is 11.5 Å². The molecule has 0 unspecified atom stereocenters. The van der Waals surface area contributed by atoms with Crippen LogP contribution in [0, 0.1) is 13.8 Å². The molecule has 0 aromatic heterocycles. The largest absolute Gasteiger partial charge is 0.496 e. The molecule has 100 valence electrons. The van der Waals surface area contributed by atoms with Crippen molar-refractivity contribution in [3.05, 3.63) is 22.8 Å². The number of rotatable bonds is 6. The lowest BCUT2D eigenvalue weighted by Crippen LogP contribution is -2.02. The van der Waals surface area contributed by atoms with Crippen LogP contribution in [0.4, 0.5) is 0 Å². The Hall–Kier alpha value is -1.71. The van der Waals surface area contributed by atoms with Crippen LogP contribution in [0.3, 0.4) is 0 Å².